The van der Waals surface area contributed by atoms with Gasteiger partial charge in [-0.05, 0) is 63.9 Å². The summed E-state index contributed by atoms with van der Waals surface area (Å²) in [7, 11) is 0. The van der Waals surface area contributed by atoms with Gasteiger partial charge in [-0.25, -0.2) is 0 Å². The minimum atomic E-state index is -0.178. The van der Waals surface area contributed by atoms with Gasteiger partial charge in [0.25, 0.3) is 5.91 Å². The Balaban J connectivity index is 1.87. The van der Waals surface area contributed by atoms with E-state index in [0.717, 1.165) is 25.2 Å². The van der Waals surface area contributed by atoms with E-state index in [-0.39, 0.29) is 5.91 Å². The fourth-order valence-corrected chi connectivity index (χ4v) is 4.95. The molecule has 0 saturated carbocycles. The first-order chi connectivity index (χ1) is 12.3. The van der Waals surface area contributed by atoms with Crippen LogP contribution in [0, 0.1) is 13.8 Å². The summed E-state index contributed by atoms with van der Waals surface area (Å²) in [6.45, 7) is 4.19. The Hall–Kier alpha value is -0.860. The lowest BCUT2D eigenvalue weighted by atomic mass is 10.2. The average molecular weight is 538 g/mol. The van der Waals surface area contributed by atoms with E-state index in [1.807, 2.05) is 13.8 Å². The Bertz CT molecular complexity index is 961. The van der Waals surface area contributed by atoms with Gasteiger partial charge < -0.3 is 5.32 Å². The van der Waals surface area contributed by atoms with Gasteiger partial charge in [0.05, 0.1) is 32.3 Å². The molecule has 0 aliphatic heterocycles. The van der Waals surface area contributed by atoms with Crippen LogP contribution in [0.2, 0.25) is 10.0 Å². The molecule has 0 spiro atoms. The van der Waals surface area contributed by atoms with Gasteiger partial charge in [-0.2, -0.15) is 5.10 Å². The van der Waals surface area contributed by atoms with Gasteiger partial charge in [0.2, 0.25) is 0 Å². The fraction of sp³-hybridized carbons (Fsp3) is 0.176. The van der Waals surface area contributed by atoms with E-state index in [4.69, 9.17) is 23.2 Å². The number of rotatable bonds is 4. The van der Waals surface area contributed by atoms with Crippen LogP contribution >= 0.6 is 66.4 Å². The first-order valence-electron chi connectivity index (χ1n) is 7.51. The van der Waals surface area contributed by atoms with E-state index in [0.29, 0.717) is 27.2 Å². The third kappa shape index (κ3) is 4.02. The van der Waals surface area contributed by atoms with E-state index < -0.39 is 0 Å². The predicted molar refractivity (Wildman–Crippen MR) is 115 cm³/mol. The van der Waals surface area contributed by atoms with Crippen LogP contribution in [0.15, 0.2) is 32.5 Å². The summed E-state index contributed by atoms with van der Waals surface area (Å²) >= 11 is 20.7. The maximum Gasteiger partial charge on any atom is 0.265 e. The van der Waals surface area contributed by atoms with Gasteiger partial charge in [-0.15, -0.1) is 11.3 Å². The number of hydrogen-bond acceptors (Lipinski definition) is 3. The topological polar surface area (TPSA) is 46.9 Å². The number of halogens is 4. The zero-order valence-corrected chi connectivity index (χ0v) is 19.2. The van der Waals surface area contributed by atoms with E-state index in [1.54, 1.807) is 28.9 Å². The third-order valence-electron chi connectivity index (χ3n) is 3.86. The Morgan fingerprint density at radius 1 is 1.27 bits per heavy atom. The van der Waals surface area contributed by atoms with Crippen molar-refractivity contribution in [3.63, 3.8) is 0 Å². The number of carbonyl (C=O) groups is 1. The summed E-state index contributed by atoms with van der Waals surface area (Å²) in [6.07, 6.45) is 0. The number of aryl methyl sites for hydroxylation is 1. The minimum absolute atomic E-state index is 0.178. The van der Waals surface area contributed by atoms with Gasteiger partial charge in [0.1, 0.15) is 0 Å². The zero-order chi connectivity index (χ0) is 19.0. The van der Waals surface area contributed by atoms with Crippen molar-refractivity contribution in [3.05, 3.63) is 64.4 Å². The first-order valence-corrected chi connectivity index (χ1v) is 10.7. The van der Waals surface area contributed by atoms with E-state index in [1.165, 1.54) is 11.3 Å². The third-order valence-corrected chi connectivity index (χ3v) is 7.82. The van der Waals surface area contributed by atoms with Crippen molar-refractivity contribution in [2.24, 2.45) is 0 Å². The predicted octanol–water partition coefficient (Wildman–Crippen LogP) is 6.69. The molecule has 0 saturated heterocycles. The second-order valence-corrected chi connectivity index (χ2v) is 9.63. The highest BCUT2D eigenvalue weighted by Crippen LogP contribution is 2.33. The Labute approximate surface area is 181 Å². The number of nitrogens with one attached hydrogen (secondary N) is 1. The normalized spacial score (nSPS) is 11.0. The average Bonchev–Trinajstić information content (AvgIpc) is 3.05. The molecule has 0 aliphatic rings. The highest BCUT2D eigenvalue weighted by Gasteiger charge is 2.18. The van der Waals surface area contributed by atoms with Gasteiger partial charge in [-0.3, -0.25) is 9.48 Å². The Kier molecular flexibility index (Phi) is 6.14. The van der Waals surface area contributed by atoms with Crippen molar-refractivity contribution in [3.8, 4) is 0 Å². The molecule has 136 valence electrons. The molecule has 3 aromatic rings. The molecule has 0 bridgehead atoms. The van der Waals surface area contributed by atoms with E-state index in [9.17, 15) is 4.79 Å². The van der Waals surface area contributed by atoms with Gasteiger partial charge >= 0.3 is 0 Å². The van der Waals surface area contributed by atoms with Crippen molar-refractivity contribution in [2.75, 3.05) is 5.32 Å². The van der Waals surface area contributed by atoms with Crippen LogP contribution in [0.25, 0.3) is 0 Å². The maximum absolute atomic E-state index is 12.5. The summed E-state index contributed by atoms with van der Waals surface area (Å²) in [5.74, 6) is -0.178. The second kappa shape index (κ2) is 8.02. The number of anilines is 1. The monoisotopic (exact) mass is 535 g/mol. The molecule has 9 heteroatoms. The summed E-state index contributed by atoms with van der Waals surface area (Å²) in [5.41, 5.74) is 3.06. The molecule has 0 unspecified atom stereocenters. The molecule has 2 aromatic heterocycles. The molecule has 4 nitrogen and oxygen atoms in total. The summed E-state index contributed by atoms with van der Waals surface area (Å²) < 4.78 is 3.52. The number of carbonyl (C=O) groups excluding carboxylic acids is 1. The van der Waals surface area contributed by atoms with Crippen LogP contribution in [0.4, 0.5) is 5.69 Å². The second-order valence-electron chi connectivity index (χ2n) is 5.59. The number of thiophene rings is 1. The highest BCUT2D eigenvalue weighted by atomic mass is 79.9. The van der Waals surface area contributed by atoms with E-state index in [2.05, 4.69) is 42.3 Å². The molecule has 0 aliphatic carbocycles. The van der Waals surface area contributed by atoms with Crippen molar-refractivity contribution in [2.45, 2.75) is 20.4 Å². The standard InChI is InChI=1S/C17H13Br2Cl2N3OS/c1-8-15(22-17(25)14-6-11(18)16(19)26-14)9(2)24(23-8)7-10-12(20)4-3-5-13(10)21/h3-6H,7H2,1-2H3,(H,22,25). The number of benzene rings is 1. The molecule has 0 atom stereocenters. The van der Waals surface area contributed by atoms with Crippen LogP contribution in [-0.4, -0.2) is 15.7 Å². The lowest BCUT2D eigenvalue weighted by Crippen LogP contribution is -2.12. The van der Waals surface area contributed by atoms with Crippen molar-refractivity contribution >= 4 is 78.0 Å². The smallest absolute Gasteiger partial charge is 0.265 e. The molecule has 1 N–H and O–H groups in total. The van der Waals surface area contributed by atoms with Gasteiger partial charge in [-0.1, -0.05) is 29.3 Å². The summed E-state index contributed by atoms with van der Waals surface area (Å²) in [5, 5.41) is 8.65. The van der Waals surface area contributed by atoms with Crippen molar-refractivity contribution in [1.29, 1.82) is 0 Å². The highest BCUT2D eigenvalue weighted by molar-refractivity contribution is 9.13. The summed E-state index contributed by atoms with van der Waals surface area (Å²) in [4.78, 5) is 13.1. The quantitative estimate of drug-likeness (QED) is 0.403. The number of hydrogen-bond donors (Lipinski definition) is 1. The molecular formula is C17H13Br2Cl2N3OS. The van der Waals surface area contributed by atoms with Crippen LogP contribution < -0.4 is 5.32 Å². The van der Waals surface area contributed by atoms with Crippen LogP contribution in [0.3, 0.4) is 0 Å². The Morgan fingerprint density at radius 2 is 1.92 bits per heavy atom. The lowest BCUT2D eigenvalue weighted by Gasteiger charge is -2.09. The molecular weight excluding hydrogens is 525 g/mol. The number of amides is 1. The number of aromatic nitrogens is 2. The van der Waals surface area contributed by atoms with Crippen LogP contribution in [0.5, 0.6) is 0 Å². The first kappa shape index (κ1) is 19.9. The van der Waals surface area contributed by atoms with E-state index >= 15 is 0 Å². The van der Waals surface area contributed by atoms with Crippen LogP contribution in [-0.2, 0) is 6.54 Å². The van der Waals surface area contributed by atoms with Crippen LogP contribution in [0.1, 0.15) is 26.6 Å². The molecule has 3 rings (SSSR count). The fourth-order valence-electron chi connectivity index (χ4n) is 2.50. The molecule has 1 aromatic carbocycles. The largest absolute Gasteiger partial charge is 0.318 e. The minimum Gasteiger partial charge on any atom is -0.318 e. The molecule has 26 heavy (non-hydrogen) atoms. The Morgan fingerprint density at radius 3 is 2.50 bits per heavy atom. The van der Waals surface area contributed by atoms with Crippen molar-refractivity contribution in [1.82, 2.24) is 9.78 Å². The van der Waals surface area contributed by atoms with Gasteiger partial charge in [0, 0.05) is 20.1 Å². The number of nitrogens with zero attached hydrogens (tertiary/aromatic N) is 2. The van der Waals surface area contributed by atoms with Crippen molar-refractivity contribution < 1.29 is 4.79 Å². The molecule has 1 amide bonds. The molecule has 0 fully saturated rings. The molecule has 2 heterocycles. The maximum atomic E-state index is 12.5. The lowest BCUT2D eigenvalue weighted by molar-refractivity contribution is 0.103. The SMILES string of the molecule is Cc1nn(Cc2c(Cl)cccc2Cl)c(C)c1NC(=O)c1cc(Br)c(Br)s1. The van der Waals surface area contributed by atoms with Gasteiger partial charge in [0.15, 0.2) is 0 Å². The summed E-state index contributed by atoms with van der Waals surface area (Å²) in [6, 6.07) is 7.17. The zero-order valence-electron chi connectivity index (χ0n) is 13.7. The molecule has 0 radical (unpaired) electrons.